The number of halogens is 1. The Labute approximate surface area is 183 Å². The fraction of sp³-hybridized carbons (Fsp3) is 0.143. The number of fused-ring (bicyclic) bond motifs is 1. The van der Waals surface area contributed by atoms with Gasteiger partial charge in [-0.15, -0.1) is 0 Å². The Bertz CT molecular complexity index is 1490. The van der Waals surface area contributed by atoms with Crippen LogP contribution in [-0.2, 0) is 9.84 Å². The van der Waals surface area contributed by atoms with Crippen LogP contribution in [0.1, 0.15) is 24.2 Å². The van der Waals surface area contributed by atoms with Gasteiger partial charge in [-0.1, -0.05) is 18.2 Å². The van der Waals surface area contributed by atoms with Crippen molar-refractivity contribution >= 4 is 27.1 Å². The van der Waals surface area contributed by atoms with Gasteiger partial charge in [-0.2, -0.15) is 5.26 Å². The highest BCUT2D eigenvalue weighted by Gasteiger charge is 2.25. The molecule has 0 aliphatic heterocycles. The van der Waals surface area contributed by atoms with Crippen molar-refractivity contribution in [1.82, 2.24) is 19.4 Å². The average Bonchev–Trinajstić information content (AvgIpc) is 3.12. The van der Waals surface area contributed by atoms with Crippen LogP contribution in [0.3, 0.4) is 0 Å². The van der Waals surface area contributed by atoms with Crippen molar-refractivity contribution in [2.75, 3.05) is 17.3 Å². The first-order chi connectivity index (χ1) is 15.2. The summed E-state index contributed by atoms with van der Waals surface area (Å²) < 4.78 is 40.5. The van der Waals surface area contributed by atoms with Crippen LogP contribution in [0.5, 0.6) is 0 Å². The highest BCUT2D eigenvalue weighted by Crippen LogP contribution is 2.35. The zero-order chi connectivity index (χ0) is 23.0. The van der Waals surface area contributed by atoms with Crippen LogP contribution in [-0.4, -0.2) is 34.0 Å². The lowest BCUT2D eigenvalue weighted by Crippen LogP contribution is -2.13. The van der Waals surface area contributed by atoms with Gasteiger partial charge in [0.2, 0.25) is 0 Å². The SMILES string of the molecule is C[C@H](Nc1ncnc(N)c1C#N)c1nc2ccc(F)cn2c1-c1ccccc1S(C)(=O)=O. The Morgan fingerprint density at radius 1 is 1.22 bits per heavy atom. The number of aromatic nitrogens is 4. The Balaban J connectivity index is 1.95. The van der Waals surface area contributed by atoms with Gasteiger partial charge in [0.05, 0.1) is 22.3 Å². The van der Waals surface area contributed by atoms with Gasteiger partial charge in [-0.25, -0.2) is 27.8 Å². The minimum absolute atomic E-state index is 0.0249. The highest BCUT2D eigenvalue weighted by atomic mass is 32.2. The van der Waals surface area contributed by atoms with Gasteiger partial charge in [0.1, 0.15) is 41.1 Å². The lowest BCUT2D eigenvalue weighted by atomic mass is 10.1. The third-order valence-electron chi connectivity index (χ3n) is 4.90. The molecule has 32 heavy (non-hydrogen) atoms. The number of pyridine rings is 1. The summed E-state index contributed by atoms with van der Waals surface area (Å²) in [7, 11) is -3.59. The highest BCUT2D eigenvalue weighted by molar-refractivity contribution is 7.90. The molecular weight excluding hydrogens is 433 g/mol. The fourth-order valence-corrected chi connectivity index (χ4v) is 4.37. The number of anilines is 2. The second kappa shape index (κ2) is 7.90. The van der Waals surface area contributed by atoms with Gasteiger partial charge in [0, 0.05) is 18.0 Å². The molecule has 0 bridgehead atoms. The number of rotatable bonds is 5. The van der Waals surface area contributed by atoms with Crippen LogP contribution >= 0.6 is 0 Å². The summed E-state index contributed by atoms with van der Waals surface area (Å²) in [6.45, 7) is 1.77. The fourth-order valence-electron chi connectivity index (χ4n) is 3.48. The van der Waals surface area contributed by atoms with Gasteiger partial charge < -0.3 is 11.1 Å². The molecule has 0 saturated heterocycles. The molecule has 0 unspecified atom stereocenters. The van der Waals surface area contributed by atoms with Crippen molar-refractivity contribution in [2.24, 2.45) is 0 Å². The molecule has 0 saturated carbocycles. The number of nitrogens with zero attached hydrogens (tertiary/aromatic N) is 5. The van der Waals surface area contributed by atoms with Crippen LogP contribution < -0.4 is 11.1 Å². The first-order valence-electron chi connectivity index (χ1n) is 9.44. The van der Waals surface area contributed by atoms with Crippen molar-refractivity contribution in [3.63, 3.8) is 0 Å². The van der Waals surface area contributed by atoms with E-state index in [9.17, 15) is 18.1 Å². The van der Waals surface area contributed by atoms with E-state index in [2.05, 4.69) is 20.3 Å². The summed E-state index contributed by atoms with van der Waals surface area (Å²) in [4.78, 5) is 12.6. The molecule has 9 nitrogen and oxygen atoms in total. The number of sulfone groups is 1. The number of nitriles is 1. The Morgan fingerprint density at radius 3 is 2.69 bits per heavy atom. The van der Waals surface area contributed by atoms with E-state index in [1.807, 2.05) is 6.07 Å². The zero-order valence-corrected chi connectivity index (χ0v) is 17.9. The summed E-state index contributed by atoms with van der Waals surface area (Å²) >= 11 is 0. The third-order valence-corrected chi connectivity index (χ3v) is 6.06. The molecule has 3 aromatic heterocycles. The first kappa shape index (κ1) is 21.2. The number of hydrogen-bond acceptors (Lipinski definition) is 8. The summed E-state index contributed by atoms with van der Waals surface area (Å²) in [5.41, 5.74) is 7.49. The molecular formula is C21H18FN7O2S. The average molecular weight is 451 g/mol. The summed E-state index contributed by atoms with van der Waals surface area (Å²) in [5, 5.41) is 12.5. The Morgan fingerprint density at radius 2 is 1.97 bits per heavy atom. The standard InChI is InChI=1S/C21H18FN7O2S/c1-12(27-21-15(9-23)20(24)25-11-26-21)18-19(29-10-13(22)7-8-17(29)28-18)14-5-3-4-6-16(14)32(2,30)31/h3-8,10-12H,1-2H3,(H3,24,25,26,27)/t12-/m0/s1. The van der Waals surface area contributed by atoms with E-state index in [1.165, 1.54) is 35.1 Å². The number of nitrogens with one attached hydrogen (secondary N) is 1. The molecule has 0 radical (unpaired) electrons. The molecule has 11 heteroatoms. The first-order valence-corrected chi connectivity index (χ1v) is 11.3. The molecule has 162 valence electrons. The van der Waals surface area contributed by atoms with E-state index in [-0.39, 0.29) is 22.1 Å². The smallest absolute Gasteiger partial charge is 0.176 e. The predicted molar refractivity (Wildman–Crippen MR) is 117 cm³/mol. The van der Waals surface area contributed by atoms with E-state index < -0.39 is 21.7 Å². The van der Waals surface area contributed by atoms with Crippen LogP contribution in [0.4, 0.5) is 16.0 Å². The Hall–Kier alpha value is -4.04. The van der Waals surface area contributed by atoms with E-state index in [1.54, 1.807) is 25.1 Å². The Kier molecular flexibility index (Phi) is 5.23. The number of nitrogen functional groups attached to an aromatic ring is 1. The van der Waals surface area contributed by atoms with Gasteiger partial charge >= 0.3 is 0 Å². The molecule has 0 aliphatic rings. The molecule has 0 amide bonds. The third kappa shape index (κ3) is 3.72. The largest absolute Gasteiger partial charge is 0.382 e. The molecule has 0 fully saturated rings. The van der Waals surface area contributed by atoms with Crippen LogP contribution in [0.2, 0.25) is 0 Å². The van der Waals surface area contributed by atoms with Crippen molar-refractivity contribution in [2.45, 2.75) is 17.9 Å². The van der Waals surface area contributed by atoms with Crippen LogP contribution in [0, 0.1) is 17.1 Å². The summed E-state index contributed by atoms with van der Waals surface area (Å²) in [5.74, 6) is -0.273. The molecule has 1 atom stereocenters. The molecule has 4 aromatic rings. The minimum Gasteiger partial charge on any atom is -0.382 e. The monoisotopic (exact) mass is 451 g/mol. The van der Waals surface area contributed by atoms with Crippen molar-refractivity contribution < 1.29 is 12.8 Å². The topological polar surface area (TPSA) is 139 Å². The summed E-state index contributed by atoms with van der Waals surface area (Å²) in [6, 6.07) is 10.6. The van der Waals surface area contributed by atoms with Gasteiger partial charge in [-0.05, 0) is 25.1 Å². The van der Waals surface area contributed by atoms with Crippen molar-refractivity contribution in [1.29, 1.82) is 5.26 Å². The summed E-state index contributed by atoms with van der Waals surface area (Å²) in [6.07, 6.45) is 3.58. The van der Waals surface area contributed by atoms with E-state index in [0.29, 0.717) is 22.6 Å². The lowest BCUT2D eigenvalue weighted by Gasteiger charge is -2.17. The maximum absolute atomic E-state index is 14.1. The normalized spacial score (nSPS) is 12.4. The maximum Gasteiger partial charge on any atom is 0.176 e. The molecule has 3 heterocycles. The predicted octanol–water partition coefficient (Wildman–Crippen LogP) is 2.96. The van der Waals surface area contributed by atoms with Crippen molar-refractivity contribution in [3.8, 4) is 17.3 Å². The van der Waals surface area contributed by atoms with Gasteiger partial charge in [-0.3, -0.25) is 4.40 Å². The second-order valence-corrected chi connectivity index (χ2v) is 9.13. The van der Waals surface area contributed by atoms with Crippen LogP contribution in [0.25, 0.3) is 16.9 Å². The van der Waals surface area contributed by atoms with Gasteiger partial charge in [0.25, 0.3) is 0 Å². The zero-order valence-electron chi connectivity index (χ0n) is 17.1. The van der Waals surface area contributed by atoms with E-state index >= 15 is 0 Å². The second-order valence-electron chi connectivity index (χ2n) is 7.15. The number of benzene rings is 1. The quantitative estimate of drug-likeness (QED) is 0.472. The van der Waals surface area contributed by atoms with Crippen molar-refractivity contribution in [3.05, 3.63) is 66.0 Å². The molecule has 1 aromatic carbocycles. The number of nitrogens with two attached hydrogens (primary N) is 1. The van der Waals surface area contributed by atoms with E-state index in [0.717, 1.165) is 6.26 Å². The van der Waals surface area contributed by atoms with Gasteiger partial charge in [0.15, 0.2) is 9.84 Å². The molecule has 4 rings (SSSR count). The minimum atomic E-state index is -3.59. The number of imidazole rings is 1. The van der Waals surface area contributed by atoms with Crippen LogP contribution in [0.15, 0.2) is 53.8 Å². The lowest BCUT2D eigenvalue weighted by molar-refractivity contribution is 0.602. The molecule has 0 spiro atoms. The number of hydrogen-bond donors (Lipinski definition) is 2. The molecule has 0 aliphatic carbocycles. The van der Waals surface area contributed by atoms with E-state index in [4.69, 9.17) is 5.73 Å². The maximum atomic E-state index is 14.1. The molecule has 3 N–H and O–H groups in total.